The van der Waals surface area contributed by atoms with Crippen molar-refractivity contribution in [3.63, 3.8) is 0 Å². The van der Waals surface area contributed by atoms with Gasteiger partial charge in [-0.2, -0.15) is 0 Å². The third kappa shape index (κ3) is 1.98. The molecule has 0 aromatic rings. The predicted molar refractivity (Wildman–Crippen MR) is 67.7 cm³/mol. The molecule has 0 aliphatic carbocycles. The maximum Gasteiger partial charge on any atom is 0.156 e. The molecule has 0 saturated carbocycles. The molecular formula is C11H27N5. The summed E-state index contributed by atoms with van der Waals surface area (Å²) in [4.78, 5) is 2.18. The number of nitrogens with zero attached hydrogens (tertiary/aromatic N) is 3. The van der Waals surface area contributed by atoms with Crippen LogP contribution in [-0.2, 0) is 0 Å². The number of nitrogens with one attached hydrogen (secondary N) is 1. The van der Waals surface area contributed by atoms with Gasteiger partial charge in [-0.05, 0) is 27.6 Å². The van der Waals surface area contributed by atoms with Crippen LogP contribution < -0.4 is 11.1 Å². The number of hydrogen-bond acceptors (Lipinski definition) is 5. The highest BCUT2D eigenvalue weighted by atomic mass is 15.7. The smallest absolute Gasteiger partial charge is 0.156 e. The third-order valence-electron chi connectivity index (χ3n) is 3.68. The van der Waals surface area contributed by atoms with Crippen LogP contribution in [0.1, 0.15) is 20.3 Å². The van der Waals surface area contributed by atoms with Crippen molar-refractivity contribution >= 4 is 0 Å². The van der Waals surface area contributed by atoms with Crippen LogP contribution in [0.5, 0.6) is 0 Å². The van der Waals surface area contributed by atoms with Gasteiger partial charge in [0.25, 0.3) is 0 Å². The van der Waals surface area contributed by atoms with Gasteiger partial charge in [-0.25, -0.2) is 10.0 Å². The van der Waals surface area contributed by atoms with E-state index in [0.717, 1.165) is 26.1 Å². The summed E-state index contributed by atoms with van der Waals surface area (Å²) in [6.07, 6.45) is 1.02. The Morgan fingerprint density at radius 3 is 2.31 bits per heavy atom. The molecule has 16 heavy (non-hydrogen) atoms. The Balaban J connectivity index is 2.99. The van der Waals surface area contributed by atoms with E-state index in [-0.39, 0.29) is 11.8 Å². The summed E-state index contributed by atoms with van der Waals surface area (Å²) in [5.74, 6) is -0.244. The molecule has 0 aromatic carbocycles. The molecule has 0 spiro atoms. The van der Waals surface area contributed by atoms with Crippen molar-refractivity contribution < 1.29 is 0 Å². The van der Waals surface area contributed by atoms with Crippen molar-refractivity contribution in [1.82, 2.24) is 20.2 Å². The average Bonchev–Trinajstić information content (AvgIpc) is 2.59. The number of nitrogens with two attached hydrogens (primary N) is 1. The first kappa shape index (κ1) is 13.9. The van der Waals surface area contributed by atoms with Crippen LogP contribution in [0.15, 0.2) is 0 Å². The van der Waals surface area contributed by atoms with Gasteiger partial charge in [-0.1, -0.05) is 13.8 Å². The fourth-order valence-electron chi connectivity index (χ4n) is 2.85. The first-order chi connectivity index (χ1) is 7.54. The molecule has 96 valence electrons. The van der Waals surface area contributed by atoms with Gasteiger partial charge >= 0.3 is 0 Å². The molecule has 5 heteroatoms. The second-order valence-electron chi connectivity index (χ2n) is 4.53. The summed E-state index contributed by atoms with van der Waals surface area (Å²) in [6, 6.07) is 0.132. The van der Waals surface area contributed by atoms with Crippen molar-refractivity contribution in [2.24, 2.45) is 5.73 Å². The van der Waals surface area contributed by atoms with E-state index < -0.39 is 0 Å². The minimum atomic E-state index is -0.244. The molecule has 1 heterocycles. The molecule has 3 N–H and O–H groups in total. The lowest BCUT2D eigenvalue weighted by molar-refractivity contribution is -0.155. The minimum absolute atomic E-state index is 0.132. The summed E-state index contributed by atoms with van der Waals surface area (Å²) >= 11 is 0. The van der Waals surface area contributed by atoms with Crippen molar-refractivity contribution in [1.29, 1.82) is 0 Å². The lowest BCUT2D eigenvalue weighted by Crippen LogP contribution is -2.73. The van der Waals surface area contributed by atoms with E-state index in [9.17, 15) is 0 Å². The highest BCUT2D eigenvalue weighted by molar-refractivity contribution is 4.98. The zero-order valence-corrected chi connectivity index (χ0v) is 11.3. The van der Waals surface area contributed by atoms with Crippen LogP contribution in [0.3, 0.4) is 0 Å². The maximum atomic E-state index is 6.29. The molecule has 0 amide bonds. The van der Waals surface area contributed by atoms with Crippen LogP contribution >= 0.6 is 0 Å². The first-order valence-electron chi connectivity index (χ1n) is 6.18. The molecule has 1 saturated heterocycles. The number of hydrazine groups is 1. The van der Waals surface area contributed by atoms with Gasteiger partial charge in [-0.15, -0.1) is 0 Å². The average molecular weight is 229 g/mol. The summed E-state index contributed by atoms with van der Waals surface area (Å²) in [6.45, 7) is 7.41. The van der Waals surface area contributed by atoms with Gasteiger partial charge in [0.2, 0.25) is 0 Å². The topological polar surface area (TPSA) is 47.8 Å². The van der Waals surface area contributed by atoms with Crippen LogP contribution in [-0.4, -0.2) is 67.5 Å². The monoisotopic (exact) mass is 229 g/mol. The maximum absolute atomic E-state index is 6.29. The normalized spacial score (nSPS) is 31.9. The fourth-order valence-corrected chi connectivity index (χ4v) is 2.85. The highest BCUT2D eigenvalue weighted by Gasteiger charge is 2.49. The standard InChI is InChI=1S/C11H27N5/c1-6-15(7-2)16-9-8-10(12)11(16,13-3)14(4)5/h10,13H,6-9,12H2,1-5H3. The van der Waals surface area contributed by atoms with E-state index in [2.05, 4.69) is 48.2 Å². The largest absolute Gasteiger partial charge is 0.324 e. The third-order valence-corrected chi connectivity index (χ3v) is 3.68. The molecule has 1 aliphatic heterocycles. The van der Waals surface area contributed by atoms with E-state index >= 15 is 0 Å². The second kappa shape index (κ2) is 5.42. The molecule has 2 unspecified atom stereocenters. The molecule has 0 aromatic heterocycles. The molecule has 5 nitrogen and oxygen atoms in total. The highest BCUT2D eigenvalue weighted by Crippen LogP contribution is 2.29. The lowest BCUT2D eigenvalue weighted by atomic mass is 10.1. The Bertz CT molecular complexity index is 216. The van der Waals surface area contributed by atoms with Crippen molar-refractivity contribution in [3.05, 3.63) is 0 Å². The quantitative estimate of drug-likeness (QED) is 0.635. The van der Waals surface area contributed by atoms with Crippen LogP contribution in [0, 0.1) is 0 Å². The van der Waals surface area contributed by atoms with E-state index in [1.807, 2.05) is 7.05 Å². The Hall–Kier alpha value is -0.200. The molecular weight excluding hydrogens is 202 g/mol. The van der Waals surface area contributed by atoms with Gasteiger partial charge in [-0.3, -0.25) is 10.2 Å². The Morgan fingerprint density at radius 2 is 1.94 bits per heavy atom. The van der Waals surface area contributed by atoms with Crippen LogP contribution in [0.25, 0.3) is 0 Å². The number of rotatable bonds is 5. The summed E-state index contributed by atoms with van der Waals surface area (Å²) in [7, 11) is 6.15. The molecule has 0 radical (unpaired) electrons. The molecule has 1 aliphatic rings. The second-order valence-corrected chi connectivity index (χ2v) is 4.53. The van der Waals surface area contributed by atoms with Crippen LogP contribution in [0.4, 0.5) is 0 Å². The fraction of sp³-hybridized carbons (Fsp3) is 1.00. The molecule has 2 atom stereocenters. The van der Waals surface area contributed by atoms with Gasteiger partial charge in [0.1, 0.15) is 0 Å². The van der Waals surface area contributed by atoms with Crippen molar-refractivity contribution in [3.8, 4) is 0 Å². The SMILES string of the molecule is CCN(CC)N1CCC(N)C1(NC)N(C)C. The molecule has 0 bridgehead atoms. The van der Waals surface area contributed by atoms with Crippen molar-refractivity contribution in [2.75, 3.05) is 40.8 Å². The van der Waals surface area contributed by atoms with Gasteiger partial charge in [0, 0.05) is 19.6 Å². The van der Waals surface area contributed by atoms with Gasteiger partial charge in [0.05, 0.1) is 6.04 Å². The van der Waals surface area contributed by atoms with E-state index in [4.69, 9.17) is 5.73 Å². The Morgan fingerprint density at radius 1 is 1.38 bits per heavy atom. The minimum Gasteiger partial charge on any atom is -0.324 e. The molecule has 1 fully saturated rings. The van der Waals surface area contributed by atoms with Crippen molar-refractivity contribution in [2.45, 2.75) is 32.1 Å². The van der Waals surface area contributed by atoms with E-state index in [1.165, 1.54) is 0 Å². The van der Waals surface area contributed by atoms with Gasteiger partial charge < -0.3 is 5.73 Å². The van der Waals surface area contributed by atoms with E-state index in [1.54, 1.807) is 0 Å². The Labute approximate surface area is 99.5 Å². The lowest BCUT2D eigenvalue weighted by Gasteiger charge is -2.49. The van der Waals surface area contributed by atoms with E-state index in [0.29, 0.717) is 0 Å². The summed E-state index contributed by atoms with van der Waals surface area (Å²) < 4.78 is 0. The van der Waals surface area contributed by atoms with Gasteiger partial charge in [0.15, 0.2) is 5.79 Å². The van der Waals surface area contributed by atoms with Crippen LogP contribution in [0.2, 0.25) is 0 Å². The molecule has 1 rings (SSSR count). The Kier molecular flexibility index (Phi) is 4.70. The zero-order valence-electron chi connectivity index (χ0n) is 11.3. The summed E-state index contributed by atoms with van der Waals surface area (Å²) in [5, 5.41) is 8.13. The first-order valence-corrected chi connectivity index (χ1v) is 6.18. The predicted octanol–water partition coefficient (Wildman–Crippen LogP) is -0.289. The summed E-state index contributed by atoms with van der Waals surface area (Å²) in [5.41, 5.74) is 6.29. The zero-order chi connectivity index (χ0) is 12.3. The number of likely N-dealkylation sites (N-methyl/N-ethyl adjacent to an activating group) is 2. The number of hydrogen-bond donors (Lipinski definition) is 2.